The smallest absolute Gasteiger partial charge is 0.227 e. The van der Waals surface area contributed by atoms with Crippen molar-refractivity contribution < 1.29 is 4.79 Å². The minimum absolute atomic E-state index is 0.00964. The van der Waals surface area contributed by atoms with Gasteiger partial charge in [0.2, 0.25) is 5.91 Å². The van der Waals surface area contributed by atoms with Crippen LogP contribution in [-0.2, 0) is 4.79 Å². The van der Waals surface area contributed by atoms with Crippen LogP contribution in [-0.4, -0.2) is 18.5 Å². The average molecular weight is 256 g/mol. The number of hydrogen-bond donors (Lipinski definition) is 2. The summed E-state index contributed by atoms with van der Waals surface area (Å²) in [5.41, 5.74) is 6.55. The van der Waals surface area contributed by atoms with E-state index in [2.05, 4.69) is 29.6 Å². The second-order valence-corrected chi connectivity index (χ2v) is 4.97. The summed E-state index contributed by atoms with van der Waals surface area (Å²) in [7, 11) is 0. The first-order valence-corrected chi connectivity index (χ1v) is 6.61. The van der Waals surface area contributed by atoms with E-state index in [1.807, 2.05) is 32.0 Å². The van der Waals surface area contributed by atoms with Crippen LogP contribution in [0.3, 0.4) is 0 Å². The van der Waals surface area contributed by atoms with Crippen LogP contribution in [0.2, 0.25) is 0 Å². The molecule has 3 nitrogen and oxygen atoms in total. The fourth-order valence-electron chi connectivity index (χ4n) is 2.06. The van der Waals surface area contributed by atoms with Crippen LogP contribution in [0.5, 0.6) is 0 Å². The third-order valence-corrected chi connectivity index (χ3v) is 3.41. The van der Waals surface area contributed by atoms with Gasteiger partial charge in [-0.3, -0.25) is 4.79 Å². The molecule has 100 valence electrons. The molecule has 3 heteroatoms. The van der Waals surface area contributed by atoms with Crippen LogP contribution in [0.15, 0.2) is 42.5 Å². The quantitative estimate of drug-likeness (QED) is 0.882. The van der Waals surface area contributed by atoms with Crippen molar-refractivity contribution in [2.75, 3.05) is 6.54 Å². The third-order valence-electron chi connectivity index (χ3n) is 3.41. The first kappa shape index (κ1) is 13.6. The summed E-state index contributed by atoms with van der Waals surface area (Å²) in [5, 5.41) is 5.26. The predicted molar refractivity (Wildman–Crippen MR) is 79.0 cm³/mol. The van der Waals surface area contributed by atoms with Gasteiger partial charge in [-0.2, -0.15) is 0 Å². The molecule has 0 aliphatic heterocycles. The van der Waals surface area contributed by atoms with Crippen molar-refractivity contribution >= 4 is 16.7 Å². The lowest BCUT2D eigenvalue weighted by Gasteiger charge is -2.16. The number of carbonyl (C=O) groups is 1. The van der Waals surface area contributed by atoms with Crippen LogP contribution in [0.1, 0.15) is 25.3 Å². The van der Waals surface area contributed by atoms with E-state index in [1.165, 1.54) is 5.39 Å². The van der Waals surface area contributed by atoms with Crippen molar-refractivity contribution in [2.24, 2.45) is 5.73 Å². The Hall–Kier alpha value is -1.87. The van der Waals surface area contributed by atoms with Crippen LogP contribution >= 0.6 is 0 Å². The molecule has 1 amide bonds. The highest BCUT2D eigenvalue weighted by molar-refractivity contribution is 5.87. The SMILES string of the molecule is CC(C(=O)N[C@@H](C)CN)c1ccc2ccccc2c1. The molecule has 0 saturated heterocycles. The van der Waals surface area contributed by atoms with E-state index >= 15 is 0 Å². The molecular formula is C16H20N2O. The van der Waals surface area contributed by atoms with Gasteiger partial charge in [0.1, 0.15) is 0 Å². The first-order chi connectivity index (χ1) is 9.11. The van der Waals surface area contributed by atoms with Gasteiger partial charge in [0, 0.05) is 12.6 Å². The lowest BCUT2D eigenvalue weighted by atomic mass is 9.97. The standard InChI is InChI=1S/C16H20N2O/c1-11(10-17)18-16(19)12(2)14-8-7-13-5-3-4-6-15(13)9-14/h3-9,11-12H,10,17H2,1-2H3,(H,18,19)/t11-,12?/m0/s1. The maximum atomic E-state index is 12.1. The van der Waals surface area contributed by atoms with E-state index in [0.29, 0.717) is 6.54 Å². The zero-order valence-electron chi connectivity index (χ0n) is 11.4. The van der Waals surface area contributed by atoms with Crippen molar-refractivity contribution in [3.05, 3.63) is 48.0 Å². The van der Waals surface area contributed by atoms with Gasteiger partial charge in [0.15, 0.2) is 0 Å². The van der Waals surface area contributed by atoms with Crippen LogP contribution < -0.4 is 11.1 Å². The number of hydrogen-bond acceptors (Lipinski definition) is 2. The molecule has 0 aliphatic rings. The Kier molecular flexibility index (Phi) is 4.17. The Morgan fingerprint density at radius 2 is 1.84 bits per heavy atom. The summed E-state index contributed by atoms with van der Waals surface area (Å²) in [5.74, 6) is -0.146. The molecular weight excluding hydrogens is 236 g/mol. The highest BCUT2D eigenvalue weighted by atomic mass is 16.1. The molecule has 2 atom stereocenters. The van der Waals surface area contributed by atoms with Gasteiger partial charge in [0.25, 0.3) is 0 Å². The average Bonchev–Trinajstić information content (AvgIpc) is 2.45. The number of carbonyl (C=O) groups excluding carboxylic acids is 1. The fourth-order valence-corrected chi connectivity index (χ4v) is 2.06. The van der Waals surface area contributed by atoms with Crippen molar-refractivity contribution in [2.45, 2.75) is 25.8 Å². The Balaban J connectivity index is 2.21. The molecule has 0 aliphatic carbocycles. The molecule has 0 radical (unpaired) electrons. The van der Waals surface area contributed by atoms with Crippen LogP contribution in [0.4, 0.5) is 0 Å². The minimum atomic E-state index is -0.168. The second kappa shape index (κ2) is 5.85. The van der Waals surface area contributed by atoms with Gasteiger partial charge < -0.3 is 11.1 Å². The summed E-state index contributed by atoms with van der Waals surface area (Å²) >= 11 is 0. The Bertz CT molecular complexity index is 580. The monoisotopic (exact) mass is 256 g/mol. The second-order valence-electron chi connectivity index (χ2n) is 4.97. The first-order valence-electron chi connectivity index (χ1n) is 6.61. The number of benzene rings is 2. The van der Waals surface area contributed by atoms with E-state index < -0.39 is 0 Å². The van der Waals surface area contributed by atoms with Gasteiger partial charge >= 0.3 is 0 Å². The molecule has 0 fully saturated rings. The van der Waals surface area contributed by atoms with E-state index in [-0.39, 0.29) is 17.9 Å². The fraction of sp³-hybridized carbons (Fsp3) is 0.312. The predicted octanol–water partition coefficient (Wildman–Crippen LogP) is 2.41. The third kappa shape index (κ3) is 3.12. The highest BCUT2D eigenvalue weighted by Gasteiger charge is 2.16. The Labute approximate surface area is 113 Å². The number of amides is 1. The number of nitrogens with two attached hydrogens (primary N) is 1. The maximum absolute atomic E-state index is 12.1. The summed E-state index contributed by atoms with van der Waals surface area (Å²) < 4.78 is 0. The number of fused-ring (bicyclic) bond motifs is 1. The normalized spacial score (nSPS) is 14.1. The van der Waals surface area contributed by atoms with Gasteiger partial charge in [-0.25, -0.2) is 0 Å². The molecule has 1 unspecified atom stereocenters. The molecule has 3 N–H and O–H groups in total. The largest absolute Gasteiger partial charge is 0.352 e. The van der Waals surface area contributed by atoms with Crippen LogP contribution in [0, 0.1) is 0 Å². The van der Waals surface area contributed by atoms with E-state index in [0.717, 1.165) is 10.9 Å². The Morgan fingerprint density at radius 3 is 2.53 bits per heavy atom. The molecule has 19 heavy (non-hydrogen) atoms. The zero-order chi connectivity index (χ0) is 13.8. The molecule has 0 bridgehead atoms. The Morgan fingerprint density at radius 1 is 1.16 bits per heavy atom. The minimum Gasteiger partial charge on any atom is -0.352 e. The van der Waals surface area contributed by atoms with Crippen molar-refractivity contribution in [1.82, 2.24) is 5.32 Å². The summed E-state index contributed by atoms with van der Waals surface area (Å²) in [6.45, 7) is 4.28. The van der Waals surface area contributed by atoms with Gasteiger partial charge in [-0.05, 0) is 30.2 Å². The van der Waals surface area contributed by atoms with Gasteiger partial charge in [-0.15, -0.1) is 0 Å². The summed E-state index contributed by atoms with van der Waals surface area (Å²) in [6.07, 6.45) is 0. The summed E-state index contributed by atoms with van der Waals surface area (Å²) in [4.78, 5) is 12.1. The molecule has 0 aromatic heterocycles. The maximum Gasteiger partial charge on any atom is 0.227 e. The van der Waals surface area contributed by atoms with Crippen molar-refractivity contribution in [3.8, 4) is 0 Å². The lowest BCUT2D eigenvalue weighted by molar-refractivity contribution is -0.122. The van der Waals surface area contributed by atoms with Crippen molar-refractivity contribution in [3.63, 3.8) is 0 Å². The van der Waals surface area contributed by atoms with E-state index in [4.69, 9.17) is 5.73 Å². The van der Waals surface area contributed by atoms with Gasteiger partial charge in [0.05, 0.1) is 5.92 Å². The molecule has 2 aromatic carbocycles. The summed E-state index contributed by atoms with van der Waals surface area (Å²) in [6, 6.07) is 14.3. The van der Waals surface area contributed by atoms with E-state index in [1.54, 1.807) is 0 Å². The molecule has 0 spiro atoms. The van der Waals surface area contributed by atoms with Crippen LogP contribution in [0.25, 0.3) is 10.8 Å². The molecule has 2 aromatic rings. The number of rotatable bonds is 4. The molecule has 0 heterocycles. The van der Waals surface area contributed by atoms with Gasteiger partial charge in [-0.1, -0.05) is 42.5 Å². The topological polar surface area (TPSA) is 55.1 Å². The number of nitrogens with one attached hydrogen (secondary N) is 1. The van der Waals surface area contributed by atoms with Crippen molar-refractivity contribution in [1.29, 1.82) is 0 Å². The lowest BCUT2D eigenvalue weighted by Crippen LogP contribution is -2.39. The highest BCUT2D eigenvalue weighted by Crippen LogP contribution is 2.21. The van der Waals surface area contributed by atoms with E-state index in [9.17, 15) is 4.79 Å². The molecule has 0 saturated carbocycles. The zero-order valence-corrected chi connectivity index (χ0v) is 11.4. The molecule has 2 rings (SSSR count).